The van der Waals surface area contributed by atoms with Crippen molar-refractivity contribution in [2.24, 2.45) is 5.92 Å². The van der Waals surface area contributed by atoms with Crippen molar-refractivity contribution in [2.75, 3.05) is 11.1 Å². The highest BCUT2D eigenvalue weighted by Crippen LogP contribution is 2.28. The first-order valence-electron chi connectivity index (χ1n) is 11.0. The van der Waals surface area contributed by atoms with Crippen LogP contribution >= 0.6 is 35.0 Å². The number of anilines is 1. The zero-order valence-corrected chi connectivity index (χ0v) is 22.0. The van der Waals surface area contributed by atoms with Crippen molar-refractivity contribution >= 4 is 52.5 Å². The topological polar surface area (TPSA) is 88.9 Å². The van der Waals surface area contributed by atoms with E-state index >= 15 is 0 Å². The van der Waals surface area contributed by atoms with E-state index < -0.39 is 0 Å². The molecule has 3 rings (SSSR count). The number of nitrogens with one attached hydrogen (secondary N) is 2. The summed E-state index contributed by atoms with van der Waals surface area (Å²) in [5.74, 6) is 0.277. The van der Waals surface area contributed by atoms with Gasteiger partial charge in [-0.2, -0.15) is 0 Å². The Balaban J connectivity index is 1.76. The minimum absolute atomic E-state index is 0.0441. The number of thioether (sulfide) groups is 1. The molecule has 3 aromatic rings. The van der Waals surface area contributed by atoms with Crippen LogP contribution in [0.3, 0.4) is 0 Å². The van der Waals surface area contributed by atoms with Gasteiger partial charge in [0.15, 0.2) is 11.0 Å². The molecule has 0 bridgehead atoms. The summed E-state index contributed by atoms with van der Waals surface area (Å²) in [5.41, 5.74) is 2.03. The number of hydrogen-bond donors (Lipinski definition) is 2. The SMILES string of the molecule is C=CCn1c(SCC(=O)Nc2cc(Cl)ccc2Cl)nnc1[C@H](NC(=O)c1cccc(C)c1)C(C)C. The van der Waals surface area contributed by atoms with Crippen molar-refractivity contribution < 1.29 is 9.59 Å². The maximum atomic E-state index is 12.9. The number of aromatic nitrogens is 3. The normalized spacial score (nSPS) is 11.8. The fraction of sp³-hybridized carbons (Fsp3) is 0.280. The highest BCUT2D eigenvalue weighted by molar-refractivity contribution is 7.99. The molecule has 184 valence electrons. The first kappa shape index (κ1) is 26.8. The van der Waals surface area contributed by atoms with Crippen molar-refractivity contribution in [2.45, 2.75) is 38.5 Å². The third-order valence-corrected chi connectivity index (χ3v) is 6.64. The van der Waals surface area contributed by atoms with Crippen LogP contribution in [0.15, 0.2) is 60.3 Å². The minimum atomic E-state index is -0.385. The van der Waals surface area contributed by atoms with Crippen LogP contribution in [0.1, 0.15) is 41.6 Å². The second-order valence-corrected chi connectivity index (χ2v) is 10.1. The average molecular weight is 532 g/mol. The number of carbonyl (C=O) groups excluding carboxylic acids is 2. The molecule has 35 heavy (non-hydrogen) atoms. The van der Waals surface area contributed by atoms with E-state index in [1.54, 1.807) is 30.3 Å². The Morgan fingerprint density at radius 3 is 2.63 bits per heavy atom. The van der Waals surface area contributed by atoms with E-state index in [1.165, 1.54) is 11.8 Å². The number of nitrogens with zero attached hydrogens (tertiary/aromatic N) is 3. The van der Waals surface area contributed by atoms with Crippen molar-refractivity contribution in [1.29, 1.82) is 0 Å². The molecule has 0 unspecified atom stereocenters. The number of benzene rings is 2. The largest absolute Gasteiger partial charge is 0.342 e. The highest BCUT2D eigenvalue weighted by Gasteiger charge is 2.26. The Kier molecular flexibility index (Phi) is 9.37. The van der Waals surface area contributed by atoms with Crippen molar-refractivity contribution in [3.05, 3.63) is 82.1 Å². The van der Waals surface area contributed by atoms with Gasteiger partial charge in [0.1, 0.15) is 0 Å². The summed E-state index contributed by atoms with van der Waals surface area (Å²) in [6.45, 7) is 10.2. The molecule has 1 atom stereocenters. The molecule has 1 heterocycles. The molecule has 0 saturated heterocycles. The lowest BCUT2D eigenvalue weighted by atomic mass is 10.0. The zero-order valence-electron chi connectivity index (χ0n) is 19.7. The summed E-state index contributed by atoms with van der Waals surface area (Å²) < 4.78 is 1.86. The molecule has 2 aromatic carbocycles. The molecule has 0 radical (unpaired) electrons. The van der Waals surface area contributed by atoms with Gasteiger partial charge in [0.05, 0.1) is 22.5 Å². The van der Waals surface area contributed by atoms with Gasteiger partial charge in [0, 0.05) is 17.1 Å². The number of hydrogen-bond acceptors (Lipinski definition) is 5. The molecule has 10 heteroatoms. The van der Waals surface area contributed by atoms with Crippen LogP contribution in [0.25, 0.3) is 0 Å². The number of amides is 2. The summed E-state index contributed by atoms with van der Waals surface area (Å²) in [7, 11) is 0. The van der Waals surface area contributed by atoms with Crippen LogP contribution in [-0.4, -0.2) is 32.3 Å². The molecule has 0 saturated carbocycles. The van der Waals surface area contributed by atoms with Crippen molar-refractivity contribution in [1.82, 2.24) is 20.1 Å². The molecule has 0 aliphatic carbocycles. The van der Waals surface area contributed by atoms with Crippen molar-refractivity contribution in [3.8, 4) is 0 Å². The molecule has 1 aromatic heterocycles. The van der Waals surface area contributed by atoms with E-state index in [0.29, 0.717) is 38.8 Å². The Hall–Kier alpha value is -2.81. The van der Waals surface area contributed by atoms with Gasteiger partial charge in [-0.25, -0.2) is 0 Å². The smallest absolute Gasteiger partial charge is 0.251 e. The Labute approximate surface area is 219 Å². The number of allylic oxidation sites excluding steroid dienone is 1. The molecule has 0 aliphatic rings. The lowest BCUT2D eigenvalue weighted by Gasteiger charge is -2.22. The van der Waals surface area contributed by atoms with E-state index in [1.807, 2.05) is 43.5 Å². The molecule has 7 nitrogen and oxygen atoms in total. The highest BCUT2D eigenvalue weighted by atomic mass is 35.5. The van der Waals surface area contributed by atoms with Gasteiger partial charge in [0.2, 0.25) is 5.91 Å². The van der Waals surface area contributed by atoms with Crippen LogP contribution in [0.2, 0.25) is 10.0 Å². The van der Waals surface area contributed by atoms with Gasteiger partial charge in [-0.1, -0.05) is 72.6 Å². The van der Waals surface area contributed by atoms with E-state index in [4.69, 9.17) is 23.2 Å². The fourth-order valence-electron chi connectivity index (χ4n) is 3.39. The summed E-state index contributed by atoms with van der Waals surface area (Å²) in [4.78, 5) is 25.5. The fourth-order valence-corrected chi connectivity index (χ4v) is 4.48. The maximum absolute atomic E-state index is 12.9. The number of halogens is 2. The maximum Gasteiger partial charge on any atom is 0.251 e. The lowest BCUT2D eigenvalue weighted by molar-refractivity contribution is -0.113. The third-order valence-electron chi connectivity index (χ3n) is 5.10. The van der Waals surface area contributed by atoms with Crippen LogP contribution in [0.5, 0.6) is 0 Å². The molecule has 0 fully saturated rings. The van der Waals surface area contributed by atoms with Gasteiger partial charge in [0.25, 0.3) is 5.91 Å². The third kappa shape index (κ3) is 7.10. The summed E-state index contributed by atoms with van der Waals surface area (Å²) in [5, 5.41) is 15.9. The molecular weight excluding hydrogens is 505 g/mol. The predicted octanol–water partition coefficient (Wildman–Crippen LogP) is 5.94. The van der Waals surface area contributed by atoms with Gasteiger partial charge >= 0.3 is 0 Å². The van der Waals surface area contributed by atoms with Gasteiger partial charge < -0.3 is 15.2 Å². The minimum Gasteiger partial charge on any atom is -0.342 e. The Bertz CT molecular complexity index is 1230. The van der Waals surface area contributed by atoms with E-state index in [0.717, 1.165) is 5.56 Å². The zero-order chi connectivity index (χ0) is 25.5. The van der Waals surface area contributed by atoms with E-state index in [-0.39, 0.29) is 29.5 Å². The second kappa shape index (κ2) is 12.2. The summed E-state index contributed by atoms with van der Waals surface area (Å²) >= 11 is 13.4. The molecule has 0 spiro atoms. The van der Waals surface area contributed by atoms with Gasteiger partial charge in [-0.15, -0.1) is 16.8 Å². The monoisotopic (exact) mass is 531 g/mol. The quantitative estimate of drug-likeness (QED) is 0.249. The van der Waals surface area contributed by atoms with Crippen molar-refractivity contribution in [3.63, 3.8) is 0 Å². The van der Waals surface area contributed by atoms with Crippen LogP contribution in [-0.2, 0) is 11.3 Å². The number of aryl methyl sites for hydroxylation is 1. The van der Waals surface area contributed by atoms with E-state index in [9.17, 15) is 9.59 Å². The lowest BCUT2D eigenvalue weighted by Crippen LogP contribution is -2.34. The standard InChI is InChI=1S/C25H27Cl2N5O2S/c1-5-11-32-23(22(15(2)3)29-24(34)17-8-6-7-16(4)12-17)30-31-25(32)35-14-21(33)28-20-13-18(26)9-10-19(20)27/h5-10,12-13,15,22H,1,11,14H2,2-4H3,(H,28,33)(H,29,34)/t22-/m1/s1. The summed E-state index contributed by atoms with van der Waals surface area (Å²) in [6.07, 6.45) is 1.72. The van der Waals surface area contributed by atoms with Gasteiger partial charge in [-0.05, 0) is 43.2 Å². The number of rotatable bonds is 10. The van der Waals surface area contributed by atoms with E-state index in [2.05, 4.69) is 27.4 Å². The Morgan fingerprint density at radius 2 is 1.94 bits per heavy atom. The summed E-state index contributed by atoms with van der Waals surface area (Å²) in [6, 6.07) is 11.9. The van der Waals surface area contributed by atoms with Crippen LogP contribution in [0, 0.1) is 12.8 Å². The number of carbonyl (C=O) groups is 2. The van der Waals surface area contributed by atoms with Crippen LogP contribution < -0.4 is 10.6 Å². The molecule has 2 N–H and O–H groups in total. The average Bonchev–Trinajstić information content (AvgIpc) is 3.20. The molecular formula is C25H27Cl2N5O2S. The Morgan fingerprint density at radius 1 is 1.17 bits per heavy atom. The first-order valence-corrected chi connectivity index (χ1v) is 12.7. The first-order chi connectivity index (χ1) is 16.7. The van der Waals surface area contributed by atoms with Gasteiger partial charge in [-0.3, -0.25) is 9.59 Å². The molecule has 0 aliphatic heterocycles. The predicted molar refractivity (Wildman–Crippen MR) is 142 cm³/mol. The van der Waals surface area contributed by atoms with Crippen LogP contribution in [0.4, 0.5) is 5.69 Å². The molecule has 2 amide bonds. The second-order valence-electron chi connectivity index (χ2n) is 8.27.